The molecule has 0 aliphatic rings. The highest BCUT2D eigenvalue weighted by Gasteiger charge is 2.35. The molecule has 3 aromatic rings. The Morgan fingerprint density at radius 3 is 1.64 bits per heavy atom. The predicted octanol–water partition coefficient (Wildman–Crippen LogP) is 6.17. The van der Waals surface area contributed by atoms with Crippen LogP contribution in [-0.4, -0.2) is 14.2 Å². The van der Waals surface area contributed by atoms with Gasteiger partial charge in [0.25, 0.3) is 10.1 Å². The second-order valence-electron chi connectivity index (χ2n) is 6.61. The van der Waals surface area contributed by atoms with E-state index in [0.717, 1.165) is 21.8 Å². The maximum atomic E-state index is 12.9. The summed E-state index contributed by atoms with van der Waals surface area (Å²) in [5, 5.41) is 0. The smallest absolute Gasteiger partial charge is 0.211 e. The molecule has 0 atom stereocenters. The molecule has 0 N–H and O–H groups in total. The first-order chi connectivity index (χ1) is 13.6. The molecule has 3 aromatic carbocycles. The van der Waals surface area contributed by atoms with Crippen molar-refractivity contribution in [3.8, 4) is 0 Å². The standard InChI is InChI=1S/C23H26O3S2/c1-2-3-19-28(24,25)26-27(22-15-9-5-10-16-22,23-17-11-6-12-18-23)20-21-13-7-4-8-14-21/h4-18H,2-3,19-20H2,1H3. The summed E-state index contributed by atoms with van der Waals surface area (Å²) in [4.78, 5) is 1.82. The molecule has 0 aliphatic carbocycles. The van der Waals surface area contributed by atoms with Gasteiger partial charge in [-0.2, -0.15) is 8.42 Å². The van der Waals surface area contributed by atoms with Gasteiger partial charge in [0.1, 0.15) is 0 Å². The number of hydrogen-bond donors (Lipinski definition) is 0. The normalized spacial score (nSPS) is 12.6. The maximum absolute atomic E-state index is 12.9. The summed E-state index contributed by atoms with van der Waals surface area (Å²) < 4.78 is 32.0. The van der Waals surface area contributed by atoms with Crippen molar-refractivity contribution < 1.29 is 12.0 Å². The number of unbranched alkanes of at least 4 members (excludes halogenated alkanes) is 1. The molecule has 148 valence electrons. The minimum Gasteiger partial charge on any atom is -0.211 e. The van der Waals surface area contributed by atoms with Gasteiger partial charge in [-0.25, -0.2) is 3.63 Å². The maximum Gasteiger partial charge on any atom is 0.277 e. The van der Waals surface area contributed by atoms with Crippen molar-refractivity contribution in [1.29, 1.82) is 0 Å². The van der Waals surface area contributed by atoms with Gasteiger partial charge in [-0.15, -0.1) is 0 Å². The Morgan fingerprint density at radius 1 is 0.714 bits per heavy atom. The summed E-state index contributed by atoms with van der Waals surface area (Å²) in [5.41, 5.74) is 1.05. The highest BCUT2D eigenvalue weighted by molar-refractivity contribution is 8.32. The summed E-state index contributed by atoms with van der Waals surface area (Å²) in [6, 6.07) is 29.5. The molecular formula is C23H26O3S2. The van der Waals surface area contributed by atoms with Crippen LogP contribution in [0.25, 0.3) is 0 Å². The third-order valence-electron chi connectivity index (χ3n) is 4.43. The van der Waals surface area contributed by atoms with Gasteiger partial charge in [0.05, 0.1) is 5.75 Å². The zero-order valence-corrected chi connectivity index (χ0v) is 17.7. The first kappa shape index (κ1) is 20.6. The van der Waals surface area contributed by atoms with Crippen molar-refractivity contribution in [1.82, 2.24) is 0 Å². The monoisotopic (exact) mass is 414 g/mol. The molecule has 3 nitrogen and oxygen atoms in total. The van der Waals surface area contributed by atoms with E-state index in [0.29, 0.717) is 12.2 Å². The van der Waals surface area contributed by atoms with E-state index in [1.165, 1.54) is 0 Å². The third kappa shape index (κ3) is 5.04. The zero-order valence-electron chi connectivity index (χ0n) is 16.0. The molecular weight excluding hydrogens is 388 g/mol. The van der Waals surface area contributed by atoms with E-state index >= 15 is 0 Å². The Kier molecular flexibility index (Phi) is 6.94. The Labute approximate surface area is 170 Å². The van der Waals surface area contributed by atoms with Gasteiger partial charge in [0.15, 0.2) is 0 Å². The molecule has 0 unspecified atom stereocenters. The Bertz CT molecular complexity index is 917. The van der Waals surface area contributed by atoms with Gasteiger partial charge >= 0.3 is 0 Å². The van der Waals surface area contributed by atoms with Crippen LogP contribution in [0.15, 0.2) is 101 Å². The van der Waals surface area contributed by atoms with E-state index in [1.807, 2.05) is 97.9 Å². The van der Waals surface area contributed by atoms with Crippen LogP contribution in [0.3, 0.4) is 0 Å². The molecule has 0 bridgehead atoms. The fraction of sp³-hybridized carbons (Fsp3) is 0.217. The minimum absolute atomic E-state index is 0.0344. The van der Waals surface area contributed by atoms with Gasteiger partial charge in [0, 0.05) is 15.5 Å². The zero-order chi connectivity index (χ0) is 19.9. The summed E-state index contributed by atoms with van der Waals surface area (Å²) in [6.45, 7) is 1.98. The molecule has 0 fully saturated rings. The largest absolute Gasteiger partial charge is 0.277 e. The summed E-state index contributed by atoms with van der Waals surface area (Å²) in [5.74, 6) is 0.542. The van der Waals surface area contributed by atoms with Crippen molar-refractivity contribution in [3.63, 3.8) is 0 Å². The molecule has 0 saturated heterocycles. The Morgan fingerprint density at radius 2 is 1.18 bits per heavy atom. The molecule has 0 radical (unpaired) electrons. The van der Waals surface area contributed by atoms with E-state index < -0.39 is 20.4 Å². The topological polar surface area (TPSA) is 43.4 Å². The quantitative estimate of drug-likeness (QED) is 0.420. The minimum atomic E-state index is -3.68. The summed E-state index contributed by atoms with van der Waals surface area (Å²) in [7, 11) is -5.96. The Hall–Kier alpha value is -2.08. The van der Waals surface area contributed by atoms with Gasteiger partial charge in [-0.05, 0) is 36.2 Å². The molecule has 0 spiro atoms. The summed E-state index contributed by atoms with van der Waals surface area (Å²) >= 11 is 0. The van der Waals surface area contributed by atoms with Gasteiger partial charge in [-0.1, -0.05) is 90.4 Å². The molecule has 3 rings (SSSR count). The van der Waals surface area contributed by atoms with Crippen LogP contribution in [0.2, 0.25) is 0 Å². The molecule has 0 aliphatic heterocycles. The lowest BCUT2D eigenvalue weighted by atomic mass is 10.2. The second-order valence-corrected chi connectivity index (χ2v) is 11.3. The fourth-order valence-electron chi connectivity index (χ4n) is 3.03. The van der Waals surface area contributed by atoms with Gasteiger partial charge in [-0.3, -0.25) is 0 Å². The van der Waals surface area contributed by atoms with Crippen molar-refractivity contribution >= 4 is 20.4 Å². The number of hydrogen-bond acceptors (Lipinski definition) is 3. The van der Waals surface area contributed by atoms with E-state index in [2.05, 4.69) is 0 Å². The molecule has 0 heterocycles. The highest BCUT2D eigenvalue weighted by atomic mass is 32.3. The lowest BCUT2D eigenvalue weighted by Crippen LogP contribution is -2.17. The third-order valence-corrected chi connectivity index (χ3v) is 9.78. The fourth-order valence-corrected chi connectivity index (χ4v) is 8.64. The van der Waals surface area contributed by atoms with Crippen molar-refractivity contribution in [3.05, 3.63) is 96.6 Å². The van der Waals surface area contributed by atoms with E-state index in [1.54, 1.807) is 0 Å². The van der Waals surface area contributed by atoms with Crippen LogP contribution < -0.4 is 0 Å². The van der Waals surface area contributed by atoms with Crippen LogP contribution in [0.4, 0.5) is 0 Å². The first-order valence-corrected chi connectivity index (χ1v) is 12.7. The van der Waals surface area contributed by atoms with Crippen molar-refractivity contribution in [2.24, 2.45) is 0 Å². The highest BCUT2D eigenvalue weighted by Crippen LogP contribution is 2.66. The molecule has 5 heteroatoms. The van der Waals surface area contributed by atoms with Gasteiger partial charge in [0.2, 0.25) is 0 Å². The van der Waals surface area contributed by atoms with Crippen molar-refractivity contribution in [2.45, 2.75) is 35.3 Å². The lowest BCUT2D eigenvalue weighted by Gasteiger charge is -2.39. The van der Waals surface area contributed by atoms with E-state index in [9.17, 15) is 8.42 Å². The van der Waals surface area contributed by atoms with Crippen LogP contribution in [0.1, 0.15) is 25.3 Å². The Balaban J connectivity index is 2.17. The average molecular weight is 415 g/mol. The summed E-state index contributed by atoms with van der Waals surface area (Å²) in [6.07, 6.45) is 1.40. The second kappa shape index (κ2) is 9.41. The van der Waals surface area contributed by atoms with Crippen LogP contribution in [0, 0.1) is 0 Å². The van der Waals surface area contributed by atoms with Crippen LogP contribution >= 0.6 is 10.3 Å². The van der Waals surface area contributed by atoms with Crippen molar-refractivity contribution in [2.75, 3.05) is 5.75 Å². The lowest BCUT2D eigenvalue weighted by molar-refractivity contribution is 0.505. The average Bonchev–Trinajstić information content (AvgIpc) is 2.74. The van der Waals surface area contributed by atoms with E-state index in [4.69, 9.17) is 3.63 Å². The van der Waals surface area contributed by atoms with E-state index in [-0.39, 0.29) is 5.75 Å². The first-order valence-electron chi connectivity index (χ1n) is 9.44. The number of rotatable bonds is 9. The number of benzene rings is 3. The molecule has 0 aromatic heterocycles. The van der Waals surface area contributed by atoms with Crippen LogP contribution in [0.5, 0.6) is 0 Å². The van der Waals surface area contributed by atoms with Crippen LogP contribution in [-0.2, 0) is 19.5 Å². The van der Waals surface area contributed by atoms with Gasteiger partial charge < -0.3 is 0 Å². The molecule has 0 amide bonds. The SMILES string of the molecule is CCCCS(=O)(=O)OS(Cc1ccccc1)(c1ccccc1)c1ccccc1. The predicted molar refractivity (Wildman–Crippen MR) is 117 cm³/mol. The molecule has 28 heavy (non-hydrogen) atoms. The molecule has 0 saturated carbocycles.